The smallest absolute Gasteiger partial charge is 0.251 e. The van der Waals surface area contributed by atoms with Crippen molar-refractivity contribution >= 4 is 5.91 Å². The zero-order valence-corrected chi connectivity index (χ0v) is 12.3. The molecule has 1 saturated heterocycles. The Kier molecular flexibility index (Phi) is 5.79. The van der Waals surface area contributed by atoms with Crippen molar-refractivity contribution in [3.05, 3.63) is 34.9 Å². The van der Waals surface area contributed by atoms with Crippen LogP contribution in [0.2, 0.25) is 0 Å². The van der Waals surface area contributed by atoms with E-state index in [0.717, 1.165) is 37.2 Å². The minimum Gasteiger partial charge on any atom is -0.384 e. The second-order valence-electron chi connectivity index (χ2n) is 5.28. The summed E-state index contributed by atoms with van der Waals surface area (Å²) in [6, 6.07) is 5.41. The Bertz CT molecular complexity index is 551. The summed E-state index contributed by atoms with van der Waals surface area (Å²) in [7, 11) is 0. The molecule has 2 N–H and O–H groups in total. The Balaban J connectivity index is 1.94. The fraction of sp³-hybridized carbons (Fsp3) is 0.471. The summed E-state index contributed by atoms with van der Waals surface area (Å²) < 4.78 is 5.41. The third-order valence-corrected chi connectivity index (χ3v) is 3.60. The average molecular weight is 287 g/mol. The van der Waals surface area contributed by atoms with Crippen molar-refractivity contribution in [3.63, 3.8) is 0 Å². The van der Waals surface area contributed by atoms with Crippen molar-refractivity contribution in [3.8, 4) is 11.8 Å². The van der Waals surface area contributed by atoms with Crippen molar-refractivity contribution < 1.29 is 14.6 Å². The van der Waals surface area contributed by atoms with Crippen molar-refractivity contribution in [1.82, 2.24) is 5.32 Å². The summed E-state index contributed by atoms with van der Waals surface area (Å²) in [6.45, 7) is 3.97. The largest absolute Gasteiger partial charge is 0.384 e. The lowest BCUT2D eigenvalue weighted by Gasteiger charge is -2.22. The van der Waals surface area contributed by atoms with Gasteiger partial charge < -0.3 is 15.2 Å². The van der Waals surface area contributed by atoms with Crippen LogP contribution in [0, 0.1) is 24.7 Å². The van der Waals surface area contributed by atoms with Gasteiger partial charge in [-0.25, -0.2) is 0 Å². The highest BCUT2D eigenvalue weighted by Crippen LogP contribution is 2.13. The van der Waals surface area contributed by atoms with Crippen LogP contribution in [-0.2, 0) is 4.74 Å². The van der Waals surface area contributed by atoms with Gasteiger partial charge in [0.05, 0.1) is 6.61 Å². The monoisotopic (exact) mass is 287 g/mol. The van der Waals surface area contributed by atoms with Crippen molar-refractivity contribution in [2.45, 2.75) is 19.8 Å². The summed E-state index contributed by atoms with van der Waals surface area (Å²) >= 11 is 0. The Morgan fingerprint density at radius 2 is 2.38 bits per heavy atom. The van der Waals surface area contributed by atoms with E-state index in [0.29, 0.717) is 18.0 Å². The van der Waals surface area contributed by atoms with E-state index in [1.54, 1.807) is 6.07 Å². The number of amides is 1. The Hall–Kier alpha value is -1.83. The zero-order chi connectivity index (χ0) is 15.1. The van der Waals surface area contributed by atoms with Gasteiger partial charge in [0.25, 0.3) is 5.91 Å². The third-order valence-electron chi connectivity index (χ3n) is 3.60. The van der Waals surface area contributed by atoms with E-state index < -0.39 is 0 Å². The summed E-state index contributed by atoms with van der Waals surface area (Å²) in [4.78, 5) is 12.1. The fourth-order valence-corrected chi connectivity index (χ4v) is 2.39. The predicted molar refractivity (Wildman–Crippen MR) is 81.0 cm³/mol. The molecule has 2 rings (SSSR count). The topological polar surface area (TPSA) is 58.6 Å². The molecule has 1 atom stereocenters. The molecule has 112 valence electrons. The first-order valence-corrected chi connectivity index (χ1v) is 7.27. The highest BCUT2D eigenvalue weighted by atomic mass is 16.5. The minimum absolute atomic E-state index is 0.0645. The first-order valence-electron chi connectivity index (χ1n) is 7.27. The molecule has 0 saturated carbocycles. The van der Waals surface area contributed by atoms with Gasteiger partial charge in [-0.3, -0.25) is 4.79 Å². The Labute approximate surface area is 125 Å². The standard InChI is InChI=1S/C17H21NO3/c1-13-10-16(7-6-15(13)5-2-8-19)17(20)18-11-14-4-3-9-21-12-14/h6-7,10,14,19H,3-4,8-9,11-12H2,1H3,(H,18,20). The van der Waals surface area contributed by atoms with E-state index in [-0.39, 0.29) is 12.5 Å². The van der Waals surface area contributed by atoms with Crippen LogP contribution in [0.15, 0.2) is 18.2 Å². The molecule has 0 aromatic heterocycles. The lowest BCUT2D eigenvalue weighted by Crippen LogP contribution is -2.33. The molecule has 1 fully saturated rings. The molecule has 4 heteroatoms. The number of aliphatic hydroxyl groups excluding tert-OH is 1. The summed E-state index contributed by atoms with van der Waals surface area (Å²) in [5.74, 6) is 5.83. The van der Waals surface area contributed by atoms with E-state index in [4.69, 9.17) is 9.84 Å². The lowest BCUT2D eigenvalue weighted by molar-refractivity contribution is 0.0536. The highest BCUT2D eigenvalue weighted by Gasteiger charge is 2.15. The van der Waals surface area contributed by atoms with E-state index in [1.807, 2.05) is 19.1 Å². The summed E-state index contributed by atoms with van der Waals surface area (Å²) in [5, 5.41) is 11.7. The number of rotatable bonds is 3. The maximum absolute atomic E-state index is 12.1. The molecule has 1 aromatic rings. The van der Waals surface area contributed by atoms with E-state index in [9.17, 15) is 4.79 Å². The number of aliphatic hydroxyl groups is 1. The van der Waals surface area contributed by atoms with E-state index >= 15 is 0 Å². The molecule has 0 spiro atoms. The van der Waals surface area contributed by atoms with Gasteiger partial charge in [0, 0.05) is 24.3 Å². The summed E-state index contributed by atoms with van der Waals surface area (Å²) in [5.41, 5.74) is 2.41. The first-order chi connectivity index (χ1) is 10.2. The van der Waals surface area contributed by atoms with Gasteiger partial charge >= 0.3 is 0 Å². The molecule has 0 radical (unpaired) electrons. The number of carbonyl (C=O) groups is 1. The maximum Gasteiger partial charge on any atom is 0.251 e. The highest BCUT2D eigenvalue weighted by molar-refractivity contribution is 5.94. The third kappa shape index (κ3) is 4.59. The number of aryl methyl sites for hydroxylation is 1. The Morgan fingerprint density at radius 1 is 1.52 bits per heavy atom. The summed E-state index contributed by atoms with van der Waals surface area (Å²) in [6.07, 6.45) is 2.17. The number of hydrogen-bond donors (Lipinski definition) is 2. The lowest BCUT2D eigenvalue weighted by atomic mass is 10.0. The molecule has 1 amide bonds. The molecule has 21 heavy (non-hydrogen) atoms. The van der Waals surface area contributed by atoms with Gasteiger partial charge in [-0.1, -0.05) is 11.8 Å². The van der Waals surface area contributed by atoms with Crippen molar-refractivity contribution in [1.29, 1.82) is 0 Å². The molecule has 1 aliphatic rings. The van der Waals surface area contributed by atoms with Gasteiger partial charge in [0.2, 0.25) is 0 Å². The Morgan fingerprint density at radius 3 is 3.05 bits per heavy atom. The molecule has 1 aliphatic heterocycles. The predicted octanol–water partition coefficient (Wildman–Crippen LogP) is 1.50. The van der Waals surface area contributed by atoms with Gasteiger partial charge in [-0.2, -0.15) is 0 Å². The van der Waals surface area contributed by atoms with Crippen molar-refractivity contribution in [2.75, 3.05) is 26.4 Å². The van der Waals surface area contributed by atoms with Crippen LogP contribution in [0.25, 0.3) is 0 Å². The van der Waals surface area contributed by atoms with Gasteiger partial charge in [-0.15, -0.1) is 0 Å². The minimum atomic E-state index is -0.162. The molecule has 1 unspecified atom stereocenters. The molecular weight excluding hydrogens is 266 g/mol. The van der Waals surface area contributed by atoms with Crippen LogP contribution < -0.4 is 5.32 Å². The van der Waals surface area contributed by atoms with Gasteiger partial charge in [0.1, 0.15) is 6.61 Å². The van der Waals surface area contributed by atoms with Crippen LogP contribution in [0.3, 0.4) is 0 Å². The zero-order valence-electron chi connectivity index (χ0n) is 12.3. The SMILES string of the molecule is Cc1cc(C(=O)NCC2CCCOC2)ccc1C#CCO. The van der Waals surface area contributed by atoms with E-state index in [1.165, 1.54) is 0 Å². The molecule has 0 bridgehead atoms. The van der Waals surface area contributed by atoms with Crippen LogP contribution in [0.5, 0.6) is 0 Å². The second-order valence-corrected chi connectivity index (χ2v) is 5.28. The number of benzene rings is 1. The van der Waals surface area contributed by atoms with Crippen molar-refractivity contribution in [2.24, 2.45) is 5.92 Å². The quantitative estimate of drug-likeness (QED) is 0.828. The second kappa shape index (κ2) is 7.82. The van der Waals surface area contributed by atoms with Crippen LogP contribution in [0.4, 0.5) is 0 Å². The molecule has 1 aromatic carbocycles. The van der Waals surface area contributed by atoms with Crippen LogP contribution in [0.1, 0.15) is 34.3 Å². The number of hydrogen-bond acceptors (Lipinski definition) is 3. The van der Waals surface area contributed by atoms with Crippen LogP contribution >= 0.6 is 0 Å². The molecule has 0 aliphatic carbocycles. The molecular formula is C17H21NO3. The average Bonchev–Trinajstić information content (AvgIpc) is 2.52. The molecule has 1 heterocycles. The number of nitrogens with one attached hydrogen (secondary N) is 1. The van der Waals surface area contributed by atoms with Crippen LogP contribution in [-0.4, -0.2) is 37.4 Å². The first kappa shape index (κ1) is 15.6. The fourth-order valence-electron chi connectivity index (χ4n) is 2.39. The van der Waals surface area contributed by atoms with E-state index in [2.05, 4.69) is 17.2 Å². The normalized spacial score (nSPS) is 17.7. The number of carbonyl (C=O) groups excluding carboxylic acids is 1. The molecule has 4 nitrogen and oxygen atoms in total. The van der Waals surface area contributed by atoms with Gasteiger partial charge in [0.15, 0.2) is 0 Å². The van der Waals surface area contributed by atoms with Gasteiger partial charge in [-0.05, 0) is 49.4 Å². The number of ether oxygens (including phenoxy) is 1. The maximum atomic E-state index is 12.1.